The lowest BCUT2D eigenvalue weighted by molar-refractivity contribution is -0.115. The highest BCUT2D eigenvalue weighted by molar-refractivity contribution is 8.00. The van der Waals surface area contributed by atoms with Crippen LogP contribution in [0.4, 0.5) is 5.69 Å². The molecule has 0 saturated heterocycles. The lowest BCUT2D eigenvalue weighted by atomic mass is 10.3. The molecule has 3 aromatic rings. The number of carbonyl (C=O) groups excluding carboxylic acids is 1. The van der Waals surface area contributed by atoms with E-state index < -0.39 is 0 Å². The topological polar surface area (TPSA) is 73.8 Å². The molecular formula is C18H21N5O2S. The van der Waals surface area contributed by atoms with Crippen LogP contribution in [0.3, 0.4) is 0 Å². The summed E-state index contributed by atoms with van der Waals surface area (Å²) < 4.78 is 5.13. The number of imidazole rings is 1. The van der Waals surface area contributed by atoms with Crippen molar-refractivity contribution in [3.8, 4) is 5.69 Å². The van der Waals surface area contributed by atoms with E-state index in [2.05, 4.69) is 10.3 Å². The normalized spacial score (nSPS) is 12.2. The number of anilines is 1. The summed E-state index contributed by atoms with van der Waals surface area (Å²) in [6, 6.07) is 9.34. The van der Waals surface area contributed by atoms with E-state index in [4.69, 9.17) is 0 Å². The van der Waals surface area contributed by atoms with E-state index >= 15 is 0 Å². The fraction of sp³-hybridized carbons (Fsp3) is 0.278. The van der Waals surface area contributed by atoms with Crippen molar-refractivity contribution in [2.45, 2.75) is 24.3 Å². The molecule has 0 spiro atoms. The number of nitrogens with zero attached hydrogens (tertiary/aromatic N) is 4. The molecule has 0 fully saturated rings. The molecule has 1 N–H and O–H groups in total. The number of hydrogen-bond acceptors (Lipinski definition) is 4. The summed E-state index contributed by atoms with van der Waals surface area (Å²) in [6.45, 7) is 3.61. The zero-order valence-corrected chi connectivity index (χ0v) is 15.9. The molecule has 0 aliphatic rings. The van der Waals surface area contributed by atoms with Crippen molar-refractivity contribution in [3.63, 3.8) is 0 Å². The summed E-state index contributed by atoms with van der Waals surface area (Å²) >= 11 is 1.35. The fourth-order valence-electron chi connectivity index (χ4n) is 2.61. The summed E-state index contributed by atoms with van der Waals surface area (Å²) in [5.74, 6) is -0.232. The Labute approximate surface area is 155 Å². The summed E-state index contributed by atoms with van der Waals surface area (Å²) in [4.78, 5) is 29.6. The van der Waals surface area contributed by atoms with Crippen molar-refractivity contribution in [1.29, 1.82) is 0 Å². The van der Waals surface area contributed by atoms with Gasteiger partial charge in [0.2, 0.25) is 5.91 Å². The SMILES string of the molecule is Cc1c(NC(=O)[C@@H](C)Sc2nccn2C)c(=O)n(-c2ccccc2)n1C. The van der Waals surface area contributed by atoms with Gasteiger partial charge in [-0.05, 0) is 26.0 Å². The van der Waals surface area contributed by atoms with E-state index in [0.29, 0.717) is 11.4 Å². The van der Waals surface area contributed by atoms with Crippen LogP contribution in [-0.2, 0) is 18.9 Å². The predicted octanol–water partition coefficient (Wildman–Crippen LogP) is 2.34. The molecular weight excluding hydrogens is 350 g/mol. The standard InChI is InChI=1S/C18H21N5O2S/c1-12-15(17(25)23(22(12)4)14-8-6-5-7-9-14)20-16(24)13(2)26-18-19-10-11-21(18)3/h5-11,13H,1-4H3,(H,20,24)/t13-/m1/s1. The number of nitrogens with one attached hydrogen (secondary N) is 1. The molecule has 2 aromatic heterocycles. The number of aromatic nitrogens is 4. The van der Waals surface area contributed by atoms with Crippen molar-refractivity contribution in [2.75, 3.05) is 5.32 Å². The van der Waals surface area contributed by atoms with Crippen molar-refractivity contribution in [3.05, 3.63) is 58.8 Å². The minimum Gasteiger partial charge on any atom is -0.329 e. The summed E-state index contributed by atoms with van der Waals surface area (Å²) in [5.41, 5.74) is 1.49. The van der Waals surface area contributed by atoms with E-state index in [9.17, 15) is 9.59 Å². The third kappa shape index (κ3) is 3.32. The second-order valence-electron chi connectivity index (χ2n) is 6.01. The number of aryl methyl sites for hydroxylation is 1. The first-order chi connectivity index (χ1) is 12.4. The van der Waals surface area contributed by atoms with Crippen LogP contribution in [0, 0.1) is 6.92 Å². The van der Waals surface area contributed by atoms with Crippen LogP contribution >= 0.6 is 11.8 Å². The first kappa shape index (κ1) is 18.1. The Balaban J connectivity index is 1.85. The smallest absolute Gasteiger partial charge is 0.295 e. The van der Waals surface area contributed by atoms with Gasteiger partial charge in [-0.3, -0.25) is 14.3 Å². The van der Waals surface area contributed by atoms with Crippen LogP contribution in [0.25, 0.3) is 5.69 Å². The molecule has 1 atom stereocenters. The summed E-state index contributed by atoms with van der Waals surface area (Å²) in [5, 5.41) is 3.15. The van der Waals surface area contributed by atoms with Crippen LogP contribution in [0.1, 0.15) is 12.6 Å². The van der Waals surface area contributed by atoms with Gasteiger partial charge in [0.25, 0.3) is 5.56 Å². The van der Waals surface area contributed by atoms with E-state index in [0.717, 1.165) is 10.8 Å². The molecule has 7 nitrogen and oxygen atoms in total. The van der Waals surface area contributed by atoms with Gasteiger partial charge in [-0.2, -0.15) is 0 Å². The zero-order chi connectivity index (χ0) is 18.8. The highest BCUT2D eigenvalue weighted by Crippen LogP contribution is 2.22. The van der Waals surface area contributed by atoms with E-state index in [1.54, 1.807) is 29.5 Å². The number of amides is 1. The van der Waals surface area contributed by atoms with Crippen molar-refractivity contribution in [2.24, 2.45) is 14.1 Å². The van der Waals surface area contributed by atoms with Gasteiger partial charge in [-0.1, -0.05) is 30.0 Å². The van der Waals surface area contributed by atoms with Gasteiger partial charge in [0, 0.05) is 26.5 Å². The minimum atomic E-state index is -0.389. The Kier molecular flexibility index (Phi) is 5.03. The largest absolute Gasteiger partial charge is 0.329 e. The average Bonchev–Trinajstić information content (AvgIpc) is 3.12. The van der Waals surface area contributed by atoms with Gasteiger partial charge in [0.15, 0.2) is 5.16 Å². The number of thioether (sulfide) groups is 1. The van der Waals surface area contributed by atoms with Gasteiger partial charge >= 0.3 is 0 Å². The number of benzene rings is 1. The average molecular weight is 371 g/mol. The maximum Gasteiger partial charge on any atom is 0.295 e. The van der Waals surface area contributed by atoms with Crippen LogP contribution < -0.4 is 10.9 Å². The molecule has 0 aliphatic heterocycles. The third-order valence-electron chi connectivity index (χ3n) is 4.23. The Bertz CT molecular complexity index is 987. The molecule has 1 amide bonds. The maximum absolute atomic E-state index is 12.8. The quantitative estimate of drug-likeness (QED) is 0.699. The van der Waals surface area contributed by atoms with Gasteiger partial charge < -0.3 is 9.88 Å². The van der Waals surface area contributed by atoms with Crippen molar-refractivity contribution in [1.82, 2.24) is 18.9 Å². The minimum absolute atomic E-state index is 0.232. The maximum atomic E-state index is 12.8. The first-order valence-electron chi connectivity index (χ1n) is 8.19. The van der Waals surface area contributed by atoms with Gasteiger partial charge in [0.05, 0.1) is 16.6 Å². The number of hydrogen-bond donors (Lipinski definition) is 1. The second kappa shape index (κ2) is 7.25. The van der Waals surface area contributed by atoms with Crippen LogP contribution in [0.2, 0.25) is 0 Å². The van der Waals surface area contributed by atoms with Gasteiger partial charge in [0.1, 0.15) is 5.69 Å². The highest BCUT2D eigenvalue weighted by Gasteiger charge is 2.22. The Morgan fingerprint density at radius 2 is 1.92 bits per heavy atom. The molecule has 3 rings (SSSR count). The van der Waals surface area contributed by atoms with Crippen LogP contribution in [-0.4, -0.2) is 30.1 Å². The molecule has 0 saturated carbocycles. The molecule has 0 radical (unpaired) electrons. The summed E-state index contributed by atoms with van der Waals surface area (Å²) in [6.07, 6.45) is 3.51. The van der Waals surface area contributed by atoms with Crippen LogP contribution in [0.5, 0.6) is 0 Å². The van der Waals surface area contributed by atoms with E-state index in [-0.39, 0.29) is 16.7 Å². The monoisotopic (exact) mass is 371 g/mol. The molecule has 8 heteroatoms. The van der Waals surface area contributed by atoms with Gasteiger partial charge in [-0.25, -0.2) is 9.67 Å². The molecule has 0 aliphatic carbocycles. The third-order valence-corrected chi connectivity index (χ3v) is 5.40. The molecule has 0 unspecified atom stereocenters. The fourth-order valence-corrected chi connectivity index (χ4v) is 3.45. The Hall–Kier alpha value is -2.74. The van der Waals surface area contributed by atoms with Gasteiger partial charge in [-0.15, -0.1) is 0 Å². The lowest BCUT2D eigenvalue weighted by Gasteiger charge is -2.10. The summed E-state index contributed by atoms with van der Waals surface area (Å²) in [7, 11) is 3.67. The molecule has 1 aromatic carbocycles. The Morgan fingerprint density at radius 3 is 2.54 bits per heavy atom. The van der Waals surface area contributed by atoms with Crippen molar-refractivity contribution < 1.29 is 4.79 Å². The van der Waals surface area contributed by atoms with Crippen LogP contribution in [0.15, 0.2) is 52.7 Å². The molecule has 26 heavy (non-hydrogen) atoms. The lowest BCUT2D eigenvalue weighted by Crippen LogP contribution is -2.27. The van der Waals surface area contributed by atoms with E-state index in [1.165, 1.54) is 11.8 Å². The molecule has 136 valence electrons. The van der Waals surface area contributed by atoms with Crippen molar-refractivity contribution >= 4 is 23.4 Å². The molecule has 0 bridgehead atoms. The van der Waals surface area contributed by atoms with E-state index in [1.807, 2.05) is 55.1 Å². The number of rotatable bonds is 5. The Morgan fingerprint density at radius 1 is 1.23 bits per heavy atom. The first-order valence-corrected chi connectivity index (χ1v) is 9.07. The number of carbonyl (C=O) groups is 1. The number of para-hydroxylation sites is 1. The molecule has 2 heterocycles. The second-order valence-corrected chi connectivity index (χ2v) is 7.31. The zero-order valence-electron chi connectivity index (χ0n) is 15.1. The highest BCUT2D eigenvalue weighted by atomic mass is 32.2. The predicted molar refractivity (Wildman–Crippen MR) is 103 cm³/mol.